The van der Waals surface area contributed by atoms with Crippen LogP contribution in [-0.2, 0) is 11.3 Å². The molecule has 0 saturated carbocycles. The lowest BCUT2D eigenvalue weighted by Crippen LogP contribution is -2.15. The number of amides is 1. The average molecular weight is 288 g/mol. The summed E-state index contributed by atoms with van der Waals surface area (Å²) in [6.45, 7) is 2.46. The van der Waals surface area contributed by atoms with Gasteiger partial charge in [0, 0.05) is 30.4 Å². The normalized spacial score (nSPS) is 10.2. The van der Waals surface area contributed by atoms with Crippen molar-refractivity contribution in [3.8, 4) is 0 Å². The third kappa shape index (κ3) is 3.89. The number of carbonyl (C=O) groups is 1. The lowest BCUT2D eigenvalue weighted by Gasteiger charge is -2.07. The summed E-state index contributed by atoms with van der Waals surface area (Å²) in [7, 11) is 0. The van der Waals surface area contributed by atoms with E-state index < -0.39 is 0 Å². The molecule has 0 saturated heterocycles. The minimum atomic E-state index is -0.0711. The van der Waals surface area contributed by atoms with E-state index in [2.05, 4.69) is 10.4 Å². The van der Waals surface area contributed by atoms with E-state index in [0.29, 0.717) is 23.6 Å². The van der Waals surface area contributed by atoms with Crippen molar-refractivity contribution in [1.29, 1.82) is 0 Å². The number of benzene rings is 1. The Bertz CT molecular complexity index is 636. The molecule has 1 heterocycles. The topological polar surface area (TPSA) is 72.9 Å². The van der Waals surface area contributed by atoms with Crippen molar-refractivity contribution < 1.29 is 4.79 Å². The molecule has 2 aromatic rings. The number of hydrogen-bond donors (Lipinski definition) is 2. The molecule has 5 nitrogen and oxygen atoms in total. The van der Waals surface area contributed by atoms with E-state index in [1.807, 2.05) is 25.3 Å². The molecule has 3 N–H and O–H groups in total. The first kappa shape index (κ1) is 14.2. The number of thiocarbonyl (C=S) groups is 1. The Labute approximate surface area is 122 Å². The number of nitrogens with one attached hydrogen (secondary N) is 1. The summed E-state index contributed by atoms with van der Waals surface area (Å²) in [5.74, 6) is -0.0711. The van der Waals surface area contributed by atoms with Gasteiger partial charge in [0.15, 0.2) is 0 Å². The quantitative estimate of drug-likeness (QED) is 0.824. The van der Waals surface area contributed by atoms with Gasteiger partial charge in [-0.15, -0.1) is 0 Å². The zero-order valence-electron chi connectivity index (χ0n) is 11.2. The monoisotopic (exact) mass is 288 g/mol. The van der Waals surface area contributed by atoms with Crippen LogP contribution in [-0.4, -0.2) is 20.7 Å². The summed E-state index contributed by atoms with van der Waals surface area (Å²) in [4.78, 5) is 12.2. The first-order valence-electron chi connectivity index (χ1n) is 6.24. The summed E-state index contributed by atoms with van der Waals surface area (Å²) in [6, 6.07) is 9.09. The molecule has 0 aliphatic carbocycles. The minimum Gasteiger partial charge on any atom is -0.389 e. The van der Waals surface area contributed by atoms with Crippen molar-refractivity contribution in [1.82, 2.24) is 9.78 Å². The van der Waals surface area contributed by atoms with E-state index in [4.69, 9.17) is 18.0 Å². The van der Waals surface area contributed by atoms with Gasteiger partial charge in [-0.05, 0) is 25.1 Å². The summed E-state index contributed by atoms with van der Waals surface area (Å²) >= 11 is 4.91. The van der Waals surface area contributed by atoms with Gasteiger partial charge in [0.1, 0.15) is 4.99 Å². The second-order valence-electron chi connectivity index (χ2n) is 4.46. The van der Waals surface area contributed by atoms with Crippen LogP contribution < -0.4 is 11.1 Å². The van der Waals surface area contributed by atoms with Crippen molar-refractivity contribution in [3.05, 3.63) is 47.8 Å². The second kappa shape index (κ2) is 6.29. The highest BCUT2D eigenvalue weighted by Crippen LogP contribution is 2.11. The molecule has 0 radical (unpaired) electrons. The number of hydrogen-bond acceptors (Lipinski definition) is 3. The number of aryl methyl sites for hydroxylation is 2. The predicted octanol–water partition coefficient (Wildman–Crippen LogP) is 1.85. The number of nitrogens with two attached hydrogens (primary N) is 1. The average Bonchev–Trinajstić information content (AvgIpc) is 2.82. The Morgan fingerprint density at radius 2 is 2.25 bits per heavy atom. The standard InChI is InChI=1S/C14H16N4OS/c1-10-5-7-18(17-10)8-6-13(19)16-12-4-2-3-11(9-12)14(15)20/h2-5,7,9H,6,8H2,1H3,(H2,15,20)(H,16,19). The smallest absolute Gasteiger partial charge is 0.226 e. The zero-order valence-corrected chi connectivity index (χ0v) is 12.0. The van der Waals surface area contributed by atoms with Crippen molar-refractivity contribution >= 4 is 28.8 Å². The molecule has 0 spiro atoms. The molecule has 0 aliphatic heterocycles. The Kier molecular flexibility index (Phi) is 4.47. The first-order valence-corrected chi connectivity index (χ1v) is 6.65. The van der Waals surface area contributed by atoms with Crippen LogP contribution in [0.25, 0.3) is 0 Å². The third-order valence-corrected chi connectivity index (χ3v) is 3.01. The van der Waals surface area contributed by atoms with Gasteiger partial charge in [-0.25, -0.2) is 0 Å². The molecule has 104 valence electrons. The molecule has 0 atom stereocenters. The number of carbonyl (C=O) groups excluding carboxylic acids is 1. The zero-order chi connectivity index (χ0) is 14.5. The number of rotatable bonds is 5. The molecule has 2 rings (SSSR count). The van der Waals surface area contributed by atoms with Gasteiger partial charge >= 0.3 is 0 Å². The number of anilines is 1. The van der Waals surface area contributed by atoms with Gasteiger partial charge in [0.2, 0.25) is 5.91 Å². The fourth-order valence-corrected chi connectivity index (χ4v) is 1.90. The third-order valence-electron chi connectivity index (χ3n) is 2.77. The highest BCUT2D eigenvalue weighted by Gasteiger charge is 2.05. The summed E-state index contributed by atoms with van der Waals surface area (Å²) in [6.07, 6.45) is 2.22. The van der Waals surface area contributed by atoms with E-state index >= 15 is 0 Å². The number of nitrogens with zero attached hydrogens (tertiary/aromatic N) is 2. The molecular weight excluding hydrogens is 272 g/mol. The van der Waals surface area contributed by atoms with Crippen molar-refractivity contribution in [2.24, 2.45) is 5.73 Å². The van der Waals surface area contributed by atoms with Crippen LogP contribution >= 0.6 is 12.2 Å². The summed E-state index contributed by atoms with van der Waals surface area (Å²) in [5.41, 5.74) is 7.93. The Balaban J connectivity index is 1.91. The summed E-state index contributed by atoms with van der Waals surface area (Å²) < 4.78 is 1.75. The van der Waals surface area contributed by atoms with Crippen molar-refractivity contribution in [3.63, 3.8) is 0 Å². The van der Waals surface area contributed by atoms with Crippen LogP contribution in [0.4, 0.5) is 5.69 Å². The van der Waals surface area contributed by atoms with Crippen LogP contribution in [0.2, 0.25) is 0 Å². The Hall–Kier alpha value is -2.21. The fraction of sp³-hybridized carbons (Fsp3) is 0.214. The van der Waals surface area contributed by atoms with Crippen LogP contribution in [0, 0.1) is 6.92 Å². The minimum absolute atomic E-state index is 0.0711. The van der Waals surface area contributed by atoms with E-state index in [0.717, 1.165) is 11.3 Å². The van der Waals surface area contributed by atoms with Gasteiger partial charge in [-0.1, -0.05) is 24.4 Å². The Morgan fingerprint density at radius 3 is 2.90 bits per heavy atom. The van der Waals surface area contributed by atoms with Gasteiger partial charge in [0.05, 0.1) is 5.69 Å². The van der Waals surface area contributed by atoms with Gasteiger partial charge in [-0.3, -0.25) is 9.48 Å². The van der Waals surface area contributed by atoms with Crippen LogP contribution in [0.3, 0.4) is 0 Å². The van der Waals surface area contributed by atoms with E-state index in [1.165, 1.54) is 0 Å². The lowest BCUT2D eigenvalue weighted by molar-refractivity contribution is -0.116. The van der Waals surface area contributed by atoms with Crippen molar-refractivity contribution in [2.45, 2.75) is 19.9 Å². The molecular formula is C14H16N4OS. The predicted molar refractivity (Wildman–Crippen MR) is 82.5 cm³/mol. The van der Waals surface area contributed by atoms with Crippen LogP contribution in [0.15, 0.2) is 36.5 Å². The first-order chi connectivity index (χ1) is 9.54. The van der Waals surface area contributed by atoms with Gasteiger partial charge in [-0.2, -0.15) is 5.10 Å². The van der Waals surface area contributed by atoms with Crippen molar-refractivity contribution in [2.75, 3.05) is 5.32 Å². The molecule has 6 heteroatoms. The SMILES string of the molecule is Cc1ccn(CCC(=O)Nc2cccc(C(N)=S)c2)n1. The van der Waals surface area contributed by atoms with E-state index in [1.54, 1.807) is 22.9 Å². The molecule has 1 aromatic carbocycles. The van der Waals surface area contributed by atoms with Crippen LogP contribution in [0.5, 0.6) is 0 Å². The highest BCUT2D eigenvalue weighted by atomic mass is 32.1. The van der Waals surface area contributed by atoms with Crippen LogP contribution in [0.1, 0.15) is 17.7 Å². The molecule has 0 aliphatic rings. The maximum Gasteiger partial charge on any atom is 0.226 e. The fourth-order valence-electron chi connectivity index (χ4n) is 1.78. The molecule has 20 heavy (non-hydrogen) atoms. The molecule has 1 amide bonds. The Morgan fingerprint density at radius 1 is 1.45 bits per heavy atom. The molecule has 0 unspecified atom stereocenters. The lowest BCUT2D eigenvalue weighted by atomic mass is 10.2. The largest absolute Gasteiger partial charge is 0.389 e. The number of aromatic nitrogens is 2. The molecule has 1 aromatic heterocycles. The van der Waals surface area contributed by atoms with Gasteiger partial charge in [0.25, 0.3) is 0 Å². The van der Waals surface area contributed by atoms with E-state index in [-0.39, 0.29) is 5.91 Å². The van der Waals surface area contributed by atoms with E-state index in [9.17, 15) is 4.79 Å². The molecule has 0 bridgehead atoms. The molecule has 0 fully saturated rings. The second-order valence-corrected chi connectivity index (χ2v) is 4.90. The maximum absolute atomic E-state index is 11.9. The maximum atomic E-state index is 11.9. The highest BCUT2D eigenvalue weighted by molar-refractivity contribution is 7.80. The van der Waals surface area contributed by atoms with Gasteiger partial charge < -0.3 is 11.1 Å². The summed E-state index contributed by atoms with van der Waals surface area (Å²) in [5, 5.41) is 7.05.